The molecule has 4 atom stereocenters. The molecule has 0 aliphatic heterocycles. The minimum atomic E-state index is -1.77. The molecule has 8 aromatic rings. The van der Waals surface area contributed by atoms with Gasteiger partial charge in [-0.25, -0.2) is 51.7 Å². The zero-order chi connectivity index (χ0) is 47.7. The Balaban J connectivity index is 0.000000201. The number of aliphatic hydroxyl groups is 1. The van der Waals surface area contributed by atoms with Gasteiger partial charge >= 0.3 is 6.16 Å². The van der Waals surface area contributed by atoms with Crippen LogP contribution < -0.4 is 0 Å². The normalized spacial score (nSPS) is 13.7. The molecule has 0 fully saturated rings. The molecule has 0 aliphatic rings. The predicted molar refractivity (Wildman–Crippen MR) is 238 cm³/mol. The van der Waals surface area contributed by atoms with Gasteiger partial charge in [0.25, 0.3) is 0 Å². The highest BCUT2D eigenvalue weighted by molar-refractivity contribution is 7.10. The molecule has 21 heteroatoms. The lowest BCUT2D eigenvalue weighted by Crippen LogP contribution is -2.43. The summed E-state index contributed by atoms with van der Waals surface area (Å²) in [5.41, 5.74) is 0.250. The van der Waals surface area contributed by atoms with E-state index >= 15 is 4.39 Å². The van der Waals surface area contributed by atoms with Crippen molar-refractivity contribution in [2.45, 2.75) is 50.0 Å². The quantitative estimate of drug-likeness (QED) is 0.0618. The van der Waals surface area contributed by atoms with Crippen molar-refractivity contribution in [3.05, 3.63) is 177 Å². The number of rotatable bonds is 14. The fourth-order valence-corrected chi connectivity index (χ4v) is 9.20. The van der Waals surface area contributed by atoms with Gasteiger partial charge in [-0.1, -0.05) is 55.8 Å². The van der Waals surface area contributed by atoms with Gasteiger partial charge in [-0.15, -0.1) is 22.7 Å². The van der Waals surface area contributed by atoms with E-state index in [-0.39, 0.29) is 24.2 Å². The minimum absolute atomic E-state index is 0.0491. The number of alkyl halides is 1. The Hall–Kier alpha value is -7.36. The number of nitriles is 2. The topological polar surface area (TPSA) is 191 Å². The first-order valence-corrected chi connectivity index (χ1v) is 22.2. The zero-order valence-electron chi connectivity index (χ0n) is 35.2. The van der Waals surface area contributed by atoms with Crippen molar-refractivity contribution >= 4 is 40.4 Å². The molecule has 0 spiro atoms. The summed E-state index contributed by atoms with van der Waals surface area (Å²) < 4.78 is 70.6. The van der Waals surface area contributed by atoms with Gasteiger partial charge in [0.05, 0.1) is 58.7 Å². The van der Waals surface area contributed by atoms with Crippen LogP contribution in [0.4, 0.5) is 22.4 Å². The molecule has 0 amide bonds. The van der Waals surface area contributed by atoms with Crippen LogP contribution in [-0.2, 0) is 33.8 Å². The van der Waals surface area contributed by atoms with Crippen LogP contribution in [0.2, 0.25) is 0 Å². The summed E-state index contributed by atoms with van der Waals surface area (Å²) in [4.78, 5) is 29.7. The number of nitrogens with zero attached hydrogens (tertiary/aromatic N) is 10. The van der Waals surface area contributed by atoms with Gasteiger partial charge in [-0.3, -0.25) is 0 Å². The van der Waals surface area contributed by atoms with Crippen molar-refractivity contribution in [1.82, 2.24) is 39.5 Å². The third kappa shape index (κ3) is 10.7. The number of hydrogen-bond donors (Lipinski definition) is 1. The Morgan fingerprint density at radius 1 is 0.731 bits per heavy atom. The molecule has 8 rings (SSSR count). The molecule has 1 N–H and O–H groups in total. The van der Waals surface area contributed by atoms with Crippen LogP contribution >= 0.6 is 34.3 Å². The fourth-order valence-electron chi connectivity index (χ4n) is 7.17. The Morgan fingerprint density at radius 2 is 1.21 bits per heavy atom. The molecule has 0 aliphatic carbocycles. The molecule has 2 unspecified atom stereocenters. The van der Waals surface area contributed by atoms with Crippen LogP contribution in [0.3, 0.4) is 0 Å². The molecular weight excluding hydrogens is 932 g/mol. The zero-order valence-corrected chi connectivity index (χ0v) is 37.6. The number of hydrogen-bond acceptors (Lipinski definition) is 14. The average Bonchev–Trinajstić information content (AvgIpc) is 4.19. The van der Waals surface area contributed by atoms with Crippen LogP contribution in [0, 0.1) is 45.9 Å². The van der Waals surface area contributed by atoms with E-state index in [9.17, 15) is 23.1 Å². The van der Waals surface area contributed by atoms with Gasteiger partial charge in [-0.05, 0) is 42.5 Å². The highest BCUT2D eigenvalue weighted by Crippen LogP contribution is 2.45. The SMILES string of the molecule is C[C@@H](c1nc(-c2ccc(C#N)cc2)cs1)C(Cn1cncn1)(OC(=O)OCCl)c1ccc(F)cc1F.C[C@@H](c1nc(-c2ccc(C#N)cc2)cs1)C(O)(Cn1cncn1)c1ccc(F)cc1F. The van der Waals surface area contributed by atoms with Crippen LogP contribution in [0.1, 0.15) is 58.0 Å². The van der Waals surface area contributed by atoms with Gasteiger partial charge in [0, 0.05) is 51.1 Å². The largest absolute Gasteiger partial charge is 0.510 e. The Kier molecular flexibility index (Phi) is 14.8. The number of carbonyl (C=O) groups excluding carboxylic acids is 1. The summed E-state index contributed by atoms with van der Waals surface area (Å²) in [6.07, 6.45) is 4.25. The predicted octanol–water partition coefficient (Wildman–Crippen LogP) is 9.84. The summed E-state index contributed by atoms with van der Waals surface area (Å²) in [6, 6.07) is 23.6. The first kappa shape index (κ1) is 47.6. The summed E-state index contributed by atoms with van der Waals surface area (Å²) in [7, 11) is 0. The number of benzene rings is 4. The lowest BCUT2D eigenvalue weighted by Gasteiger charge is -2.37. The van der Waals surface area contributed by atoms with E-state index in [0.717, 1.165) is 29.3 Å². The second-order valence-corrected chi connectivity index (χ2v) is 16.8. The summed E-state index contributed by atoms with van der Waals surface area (Å²) in [5.74, 6) is -4.70. The number of carbonyl (C=O) groups is 1. The van der Waals surface area contributed by atoms with Gasteiger partial charge in [-0.2, -0.15) is 20.7 Å². The van der Waals surface area contributed by atoms with E-state index in [1.165, 1.54) is 69.5 Å². The molecule has 4 aromatic heterocycles. The van der Waals surface area contributed by atoms with Crippen LogP contribution in [0.25, 0.3) is 22.5 Å². The van der Waals surface area contributed by atoms with Crippen molar-refractivity contribution in [3.63, 3.8) is 0 Å². The van der Waals surface area contributed by atoms with Gasteiger partial charge in [0.1, 0.15) is 59.2 Å². The van der Waals surface area contributed by atoms with Gasteiger partial charge in [0.15, 0.2) is 11.7 Å². The number of aromatic nitrogens is 8. The van der Waals surface area contributed by atoms with Gasteiger partial charge < -0.3 is 14.6 Å². The number of ether oxygens (including phenoxy) is 2. The van der Waals surface area contributed by atoms with Crippen LogP contribution in [0.15, 0.2) is 121 Å². The fraction of sp³-hybridized carbons (Fsp3) is 0.196. The Labute approximate surface area is 393 Å². The van der Waals surface area contributed by atoms with Crippen molar-refractivity contribution < 1.29 is 36.9 Å². The van der Waals surface area contributed by atoms with E-state index in [1.54, 1.807) is 67.8 Å². The number of halogens is 5. The second kappa shape index (κ2) is 20.9. The minimum Gasteiger partial charge on any atom is -0.420 e. The lowest BCUT2D eigenvalue weighted by molar-refractivity contribution is -0.0620. The smallest absolute Gasteiger partial charge is 0.420 e. The van der Waals surface area contributed by atoms with E-state index in [2.05, 4.69) is 37.3 Å². The summed E-state index contributed by atoms with van der Waals surface area (Å²) in [5, 5.41) is 42.5. The van der Waals surface area contributed by atoms with Crippen molar-refractivity contribution in [3.8, 4) is 34.7 Å². The first-order chi connectivity index (χ1) is 32.3. The summed E-state index contributed by atoms with van der Waals surface area (Å²) >= 11 is 8.15. The Bertz CT molecular complexity index is 3040. The monoisotopic (exact) mass is 966 g/mol. The van der Waals surface area contributed by atoms with E-state index in [4.69, 9.17) is 36.6 Å². The average molecular weight is 967 g/mol. The molecule has 4 aromatic carbocycles. The molecular formula is C46H35ClF4N10O4S2. The molecule has 4 heterocycles. The molecule has 67 heavy (non-hydrogen) atoms. The molecule has 0 saturated heterocycles. The van der Waals surface area contributed by atoms with Crippen molar-refractivity contribution in [1.29, 1.82) is 10.5 Å². The van der Waals surface area contributed by atoms with E-state index in [0.29, 0.717) is 38.6 Å². The van der Waals surface area contributed by atoms with Crippen molar-refractivity contribution in [2.75, 3.05) is 6.07 Å². The molecule has 0 bridgehead atoms. The van der Waals surface area contributed by atoms with Gasteiger partial charge in [0.2, 0.25) is 0 Å². The molecule has 340 valence electrons. The second-order valence-electron chi connectivity index (χ2n) is 14.8. The maximum absolute atomic E-state index is 15.2. The maximum Gasteiger partial charge on any atom is 0.510 e. The first-order valence-electron chi connectivity index (χ1n) is 19.9. The molecule has 14 nitrogen and oxygen atoms in total. The maximum atomic E-state index is 15.2. The highest BCUT2D eigenvalue weighted by atomic mass is 35.5. The molecule has 0 saturated carbocycles. The van der Waals surface area contributed by atoms with E-state index < -0.39 is 58.5 Å². The Morgan fingerprint density at radius 3 is 1.66 bits per heavy atom. The third-order valence-electron chi connectivity index (χ3n) is 10.8. The number of thiazole rings is 2. The molecule has 0 radical (unpaired) electrons. The summed E-state index contributed by atoms with van der Waals surface area (Å²) in [6.45, 7) is 3.17. The van der Waals surface area contributed by atoms with E-state index in [1.807, 2.05) is 5.38 Å². The van der Waals surface area contributed by atoms with Crippen LogP contribution in [-0.4, -0.2) is 56.8 Å². The van der Waals surface area contributed by atoms with Crippen molar-refractivity contribution in [2.24, 2.45) is 0 Å². The third-order valence-corrected chi connectivity index (χ3v) is 12.9. The standard InChI is InChI=1S/C24H18ClF2N5O3S.C22H17F2N5OS/c1-15(22-31-21(10-36-22)17-4-2-16(9-28)3-5-17)24(35-23(33)34-12-25,11-32-14-29-13-30-32)19-7-6-18(26)8-20(19)27;1-14(21-28-20(10-31-21)16-4-2-15(9-25)3-5-16)22(30,11-29-13-26-12-27-29)18-7-6-17(23)8-19(18)24/h2-8,10,13-15H,11-12H2,1H3;2-8,10,12-14,30H,11H2,1H3/t15-,24?;14-,22?/m00/s1. The highest BCUT2D eigenvalue weighted by Gasteiger charge is 2.48. The van der Waals surface area contributed by atoms with Crippen LogP contribution in [0.5, 0.6) is 0 Å². The lowest BCUT2D eigenvalue weighted by atomic mass is 9.81.